The second kappa shape index (κ2) is 12.3. The van der Waals surface area contributed by atoms with E-state index in [9.17, 15) is 16.2 Å². The van der Waals surface area contributed by atoms with Gasteiger partial charge in [-0.2, -0.15) is 0 Å². The predicted octanol–water partition coefficient (Wildman–Crippen LogP) is 3.48. The first-order valence-corrected chi connectivity index (χ1v) is 14.1. The second-order valence-electron chi connectivity index (χ2n) is 11.4. The molecule has 0 bridgehead atoms. The lowest BCUT2D eigenvalue weighted by Gasteiger charge is -2.57. The minimum absolute atomic E-state index is 0.129. The molecule has 3 aliphatic heterocycles. The first-order chi connectivity index (χ1) is 20.2. The minimum atomic E-state index is -1.45. The van der Waals surface area contributed by atoms with Crippen LogP contribution >= 0.6 is 0 Å². The molecule has 5 rings (SSSR count). The van der Waals surface area contributed by atoms with Gasteiger partial charge in [0.1, 0.15) is 24.4 Å². The van der Waals surface area contributed by atoms with Crippen LogP contribution in [-0.2, 0) is 37.9 Å². The molecule has 3 heterocycles. The van der Waals surface area contributed by atoms with Crippen molar-refractivity contribution < 1.29 is 43.0 Å². The zero-order valence-corrected chi connectivity index (χ0v) is 24.0. The molecule has 232 valence electrons. The highest BCUT2D eigenvalue weighted by molar-refractivity contribution is 5.08. The van der Waals surface area contributed by atoms with Crippen molar-refractivity contribution in [3.8, 4) is 0 Å². The number of hydrogen-bond donors (Lipinski definition) is 1. The van der Waals surface area contributed by atoms with Crippen LogP contribution in [0.5, 0.6) is 0 Å². The Kier molecular flexibility index (Phi) is 9.07. The molecule has 2 saturated carbocycles. The van der Waals surface area contributed by atoms with Crippen LogP contribution in [0.4, 0.5) is 0 Å². The number of azide groups is 3. The topological polar surface area (TPSA) is 240 Å². The predicted molar refractivity (Wildman–Crippen MR) is 140 cm³/mol. The smallest absolute Gasteiger partial charge is 0.220 e. The van der Waals surface area contributed by atoms with E-state index >= 15 is 0 Å². The van der Waals surface area contributed by atoms with Crippen molar-refractivity contribution >= 4 is 0 Å². The van der Waals surface area contributed by atoms with Crippen molar-refractivity contribution in [3.05, 3.63) is 31.3 Å². The molecule has 42 heavy (non-hydrogen) atoms. The van der Waals surface area contributed by atoms with Crippen molar-refractivity contribution in [3.63, 3.8) is 0 Å². The van der Waals surface area contributed by atoms with Gasteiger partial charge in [-0.15, -0.1) is 0 Å². The molecule has 0 aromatic rings. The van der Waals surface area contributed by atoms with Gasteiger partial charge < -0.3 is 43.0 Å². The Labute approximate surface area is 241 Å². The quantitative estimate of drug-likeness (QED) is 0.245. The third kappa shape index (κ3) is 5.39. The first-order valence-electron chi connectivity index (χ1n) is 14.1. The largest absolute Gasteiger partial charge is 0.385 e. The second-order valence-corrected chi connectivity index (χ2v) is 11.4. The Morgan fingerprint density at radius 2 is 1.43 bits per heavy atom. The van der Waals surface area contributed by atoms with Gasteiger partial charge in [-0.3, -0.25) is 0 Å². The van der Waals surface area contributed by atoms with E-state index in [4.69, 9.17) is 43.4 Å². The summed E-state index contributed by atoms with van der Waals surface area (Å²) in [4.78, 5) is 8.81. The molecule has 0 unspecified atom stereocenters. The number of nitrogens with zero attached hydrogens (tertiary/aromatic N) is 9. The Balaban J connectivity index is 1.46. The molecule has 18 nitrogen and oxygen atoms in total. The van der Waals surface area contributed by atoms with Crippen molar-refractivity contribution in [2.45, 2.75) is 131 Å². The molecule has 0 aromatic heterocycles. The molecule has 0 radical (unpaired) electrons. The number of methoxy groups -OCH3 is 2. The number of rotatable bonds is 8. The summed E-state index contributed by atoms with van der Waals surface area (Å²) in [6.45, 7) is 3.06. The van der Waals surface area contributed by atoms with E-state index < -0.39 is 78.5 Å². The molecule has 1 N–H and O–H groups in total. The van der Waals surface area contributed by atoms with E-state index in [0.717, 1.165) is 19.3 Å². The average Bonchev–Trinajstić information content (AvgIpc) is 3.35. The molecular weight excluding hydrogens is 558 g/mol. The van der Waals surface area contributed by atoms with Crippen LogP contribution < -0.4 is 0 Å². The minimum Gasteiger partial charge on any atom is -0.385 e. The van der Waals surface area contributed by atoms with Crippen LogP contribution in [0.3, 0.4) is 0 Å². The Bertz CT molecular complexity index is 1140. The van der Waals surface area contributed by atoms with Gasteiger partial charge >= 0.3 is 0 Å². The highest BCUT2D eigenvalue weighted by atomic mass is 16.8. The highest BCUT2D eigenvalue weighted by Crippen LogP contribution is 2.48. The van der Waals surface area contributed by atoms with E-state index in [1.54, 1.807) is 13.8 Å². The van der Waals surface area contributed by atoms with Crippen LogP contribution in [0.1, 0.15) is 52.4 Å². The number of hydrogen-bond acceptors (Lipinski definition) is 12. The lowest BCUT2D eigenvalue weighted by molar-refractivity contribution is -0.479. The third-order valence-electron chi connectivity index (χ3n) is 9.16. The molecule has 3 saturated heterocycles. The summed E-state index contributed by atoms with van der Waals surface area (Å²) in [5.74, 6) is -3.73. The summed E-state index contributed by atoms with van der Waals surface area (Å²) < 4.78 is 49.2. The van der Waals surface area contributed by atoms with Crippen LogP contribution in [0.15, 0.2) is 15.3 Å². The molecule has 0 amide bonds. The number of aliphatic hydroxyl groups excluding tert-OH is 1. The first kappa shape index (κ1) is 31.0. The molecular formula is C24H37N9O9. The highest BCUT2D eigenvalue weighted by Gasteiger charge is 2.64. The zero-order valence-electron chi connectivity index (χ0n) is 24.0. The van der Waals surface area contributed by atoms with Crippen molar-refractivity contribution in [2.24, 2.45) is 15.3 Å². The summed E-state index contributed by atoms with van der Waals surface area (Å²) in [5, 5.41) is 23.1. The van der Waals surface area contributed by atoms with Gasteiger partial charge in [0.2, 0.25) is 11.6 Å². The van der Waals surface area contributed by atoms with E-state index in [2.05, 4.69) is 30.1 Å². The maximum Gasteiger partial charge on any atom is 0.220 e. The molecule has 5 aliphatic rings. The normalized spacial score (nSPS) is 45.9. The lowest BCUT2D eigenvalue weighted by atomic mass is 9.84. The van der Waals surface area contributed by atoms with E-state index in [0.29, 0.717) is 12.8 Å². The van der Waals surface area contributed by atoms with Crippen molar-refractivity contribution in [1.82, 2.24) is 0 Å². The molecule has 5 fully saturated rings. The SMILES string of the molecule is CO[C@@]1(C)O[C@@H]2[C@@H](O)[C@@H](O[C@H]3[C@@H]4OC5(CCCCC5)O[C@H]4[C@H](N=[N+]=[N-])C[C@@H]3N=[N+]=[N-])O[C@H](CN=[N+]=[N-])[C@H]2O[C@]1(C)OC. The number of fused-ring (bicyclic) bond motifs is 2. The van der Waals surface area contributed by atoms with E-state index in [1.165, 1.54) is 14.2 Å². The molecule has 12 atom stereocenters. The van der Waals surface area contributed by atoms with E-state index in [1.807, 2.05) is 0 Å². The number of ether oxygens (including phenoxy) is 8. The Hall–Kier alpha value is -2.43. The Morgan fingerprint density at radius 3 is 2.05 bits per heavy atom. The maximum absolute atomic E-state index is 11.5. The van der Waals surface area contributed by atoms with Gasteiger partial charge in [0.15, 0.2) is 12.1 Å². The summed E-state index contributed by atoms with van der Waals surface area (Å²) in [6, 6.07) is -1.51. The summed E-state index contributed by atoms with van der Waals surface area (Å²) in [7, 11) is 2.85. The maximum atomic E-state index is 11.5. The van der Waals surface area contributed by atoms with Gasteiger partial charge in [0.25, 0.3) is 0 Å². The molecule has 0 aromatic carbocycles. The fourth-order valence-corrected chi connectivity index (χ4v) is 6.70. The van der Waals surface area contributed by atoms with Crippen LogP contribution in [-0.4, -0.2) is 104 Å². The van der Waals surface area contributed by atoms with Gasteiger partial charge in [-0.1, -0.05) is 21.8 Å². The monoisotopic (exact) mass is 595 g/mol. The molecule has 1 spiro atoms. The standard InChI is InChI=1S/C24H37N9O9/c1-22(35-3)23(2,36-4)40-19-15(34)21(37-14(11-28-31-25)18(19)39-22)38-16-12(29-32-26)10-13(30-33-27)17-20(16)42-24(41-17)8-6-5-7-9-24/h12-21,34H,5-11H2,1-4H3/t12-,13+,14+,15+,16+,17-,18+,19+,20-,21+,22-,23-/m0/s1. The molecule has 2 aliphatic carbocycles. The average molecular weight is 596 g/mol. The summed E-state index contributed by atoms with van der Waals surface area (Å²) in [6.07, 6.45) is -3.82. The summed E-state index contributed by atoms with van der Waals surface area (Å²) >= 11 is 0. The van der Waals surface area contributed by atoms with Crippen LogP contribution in [0.25, 0.3) is 31.3 Å². The van der Waals surface area contributed by atoms with Crippen LogP contribution in [0, 0.1) is 0 Å². The molecule has 18 heteroatoms. The fourth-order valence-electron chi connectivity index (χ4n) is 6.70. The fraction of sp³-hybridized carbons (Fsp3) is 1.00. The zero-order chi connectivity index (χ0) is 30.1. The van der Waals surface area contributed by atoms with Crippen molar-refractivity contribution in [1.29, 1.82) is 0 Å². The van der Waals surface area contributed by atoms with Gasteiger partial charge in [-0.05, 0) is 49.7 Å². The van der Waals surface area contributed by atoms with Gasteiger partial charge in [0.05, 0.1) is 36.9 Å². The van der Waals surface area contributed by atoms with Crippen LogP contribution in [0.2, 0.25) is 0 Å². The third-order valence-corrected chi connectivity index (χ3v) is 9.16. The van der Waals surface area contributed by atoms with Gasteiger partial charge in [0, 0.05) is 41.8 Å². The van der Waals surface area contributed by atoms with Gasteiger partial charge in [-0.25, -0.2) is 0 Å². The summed E-state index contributed by atoms with van der Waals surface area (Å²) in [5.41, 5.74) is 27.6. The van der Waals surface area contributed by atoms with E-state index in [-0.39, 0.29) is 13.0 Å². The number of aliphatic hydroxyl groups is 1. The lowest BCUT2D eigenvalue weighted by Crippen LogP contribution is -2.73. The van der Waals surface area contributed by atoms with Crippen molar-refractivity contribution in [2.75, 3.05) is 20.8 Å². The Morgan fingerprint density at radius 1 is 0.810 bits per heavy atom.